The smallest absolute Gasteiger partial charge is 0.225 e. The fourth-order valence-corrected chi connectivity index (χ4v) is 4.34. The van der Waals surface area contributed by atoms with Crippen LogP contribution in [0.5, 0.6) is 5.75 Å². The van der Waals surface area contributed by atoms with Gasteiger partial charge in [0.15, 0.2) is 0 Å². The van der Waals surface area contributed by atoms with Crippen LogP contribution in [0.25, 0.3) is 0 Å². The zero-order valence-electron chi connectivity index (χ0n) is 16.8. The van der Waals surface area contributed by atoms with Crippen LogP contribution in [-0.4, -0.2) is 49.7 Å². The molecule has 2 aromatic rings. The molecule has 28 heavy (non-hydrogen) atoms. The number of rotatable bonds is 4. The summed E-state index contributed by atoms with van der Waals surface area (Å²) in [7, 11) is 1.69. The van der Waals surface area contributed by atoms with Crippen molar-refractivity contribution in [2.45, 2.75) is 32.4 Å². The highest BCUT2D eigenvalue weighted by Gasteiger charge is 2.42. The Morgan fingerprint density at radius 3 is 2.82 bits per heavy atom. The molecule has 2 aliphatic rings. The highest BCUT2D eigenvalue weighted by Crippen LogP contribution is 2.38. The van der Waals surface area contributed by atoms with Crippen molar-refractivity contribution < 1.29 is 9.53 Å². The Balaban J connectivity index is 1.67. The van der Waals surface area contributed by atoms with Gasteiger partial charge in [-0.3, -0.25) is 4.79 Å². The number of benzene rings is 1. The van der Waals surface area contributed by atoms with Crippen LogP contribution < -0.4 is 19.9 Å². The van der Waals surface area contributed by atoms with E-state index >= 15 is 0 Å². The summed E-state index contributed by atoms with van der Waals surface area (Å²) in [5.41, 5.74) is 2.41. The molecule has 1 amide bonds. The predicted octanol–water partition coefficient (Wildman–Crippen LogP) is 2.48. The van der Waals surface area contributed by atoms with Crippen LogP contribution in [0.15, 0.2) is 42.6 Å². The summed E-state index contributed by atoms with van der Waals surface area (Å²) in [6, 6.07) is 12.4. The van der Waals surface area contributed by atoms with Crippen LogP contribution >= 0.6 is 0 Å². The summed E-state index contributed by atoms with van der Waals surface area (Å²) >= 11 is 0. The third-order valence-electron chi connectivity index (χ3n) is 5.67. The molecular weight excluding hydrogens is 352 g/mol. The SMILES string of the molecule is COc1ccc2c(c1)N1CCN(c3ccccn3)CC1C(C(=O)NC(C)C)C2. The Hall–Kier alpha value is -2.76. The first-order chi connectivity index (χ1) is 13.6. The highest BCUT2D eigenvalue weighted by molar-refractivity contribution is 5.82. The zero-order valence-corrected chi connectivity index (χ0v) is 16.8. The van der Waals surface area contributed by atoms with Gasteiger partial charge in [-0.15, -0.1) is 0 Å². The predicted molar refractivity (Wildman–Crippen MR) is 111 cm³/mol. The lowest BCUT2D eigenvalue weighted by Gasteiger charge is -2.49. The molecule has 6 nitrogen and oxygen atoms in total. The topological polar surface area (TPSA) is 57.7 Å². The van der Waals surface area contributed by atoms with Crippen molar-refractivity contribution in [3.05, 3.63) is 48.2 Å². The Bertz CT molecular complexity index is 840. The molecular formula is C22H28N4O2. The van der Waals surface area contributed by atoms with Gasteiger partial charge in [0, 0.05) is 43.6 Å². The van der Waals surface area contributed by atoms with Crippen LogP contribution in [0.4, 0.5) is 11.5 Å². The first-order valence-electron chi connectivity index (χ1n) is 9.96. The molecule has 1 saturated heterocycles. The van der Waals surface area contributed by atoms with Gasteiger partial charge >= 0.3 is 0 Å². The van der Waals surface area contributed by atoms with Gasteiger partial charge in [0.25, 0.3) is 0 Å². The number of carbonyl (C=O) groups excluding carboxylic acids is 1. The fourth-order valence-electron chi connectivity index (χ4n) is 4.34. The minimum absolute atomic E-state index is 0.0881. The molecule has 0 radical (unpaired) electrons. The van der Waals surface area contributed by atoms with Gasteiger partial charge in [0.2, 0.25) is 5.91 Å². The molecule has 2 atom stereocenters. The van der Waals surface area contributed by atoms with Crippen LogP contribution in [0, 0.1) is 5.92 Å². The van der Waals surface area contributed by atoms with E-state index in [0.717, 1.165) is 37.6 Å². The van der Waals surface area contributed by atoms with E-state index in [2.05, 4.69) is 32.2 Å². The number of methoxy groups -OCH3 is 1. The average molecular weight is 380 g/mol. The van der Waals surface area contributed by atoms with Crippen molar-refractivity contribution in [2.75, 3.05) is 36.5 Å². The third kappa shape index (κ3) is 3.51. The molecule has 6 heteroatoms. The number of hydrogen-bond donors (Lipinski definition) is 1. The monoisotopic (exact) mass is 380 g/mol. The molecule has 0 saturated carbocycles. The first-order valence-corrected chi connectivity index (χ1v) is 9.96. The minimum Gasteiger partial charge on any atom is -0.497 e. The van der Waals surface area contributed by atoms with Gasteiger partial charge in [-0.2, -0.15) is 0 Å². The highest BCUT2D eigenvalue weighted by atomic mass is 16.5. The van der Waals surface area contributed by atoms with E-state index in [1.54, 1.807) is 7.11 Å². The number of fused-ring (bicyclic) bond motifs is 3. The van der Waals surface area contributed by atoms with Gasteiger partial charge in [-0.1, -0.05) is 12.1 Å². The number of aromatic nitrogens is 1. The third-order valence-corrected chi connectivity index (χ3v) is 5.67. The normalized spacial score (nSPS) is 21.1. The summed E-state index contributed by atoms with van der Waals surface area (Å²) in [6.07, 6.45) is 2.57. The first kappa shape index (κ1) is 18.6. The Morgan fingerprint density at radius 1 is 1.25 bits per heavy atom. The number of hydrogen-bond acceptors (Lipinski definition) is 5. The number of amides is 1. The number of nitrogens with zero attached hydrogens (tertiary/aromatic N) is 3. The summed E-state index contributed by atoms with van der Waals surface area (Å²) in [6.45, 7) is 6.54. The van der Waals surface area contributed by atoms with Gasteiger partial charge in [0.1, 0.15) is 11.6 Å². The summed E-state index contributed by atoms with van der Waals surface area (Å²) in [5.74, 6) is 1.88. The van der Waals surface area contributed by atoms with Gasteiger partial charge in [-0.05, 0) is 44.0 Å². The number of pyridine rings is 1. The van der Waals surface area contributed by atoms with Crippen molar-refractivity contribution in [3.63, 3.8) is 0 Å². The molecule has 1 aromatic heterocycles. The largest absolute Gasteiger partial charge is 0.497 e. The Morgan fingerprint density at radius 2 is 2.11 bits per heavy atom. The number of piperazine rings is 1. The summed E-state index contributed by atoms with van der Waals surface area (Å²) < 4.78 is 5.45. The molecule has 3 heterocycles. The minimum atomic E-state index is -0.0881. The maximum absolute atomic E-state index is 13.0. The van der Waals surface area contributed by atoms with E-state index in [0.29, 0.717) is 0 Å². The van der Waals surface area contributed by atoms with E-state index in [1.165, 1.54) is 11.3 Å². The van der Waals surface area contributed by atoms with Crippen molar-refractivity contribution in [3.8, 4) is 5.75 Å². The second-order valence-corrected chi connectivity index (χ2v) is 7.86. The maximum Gasteiger partial charge on any atom is 0.225 e. The lowest BCUT2D eigenvalue weighted by Crippen LogP contribution is -2.61. The number of anilines is 2. The molecule has 1 aromatic carbocycles. The van der Waals surface area contributed by atoms with Crippen molar-refractivity contribution >= 4 is 17.4 Å². The lowest BCUT2D eigenvalue weighted by molar-refractivity contribution is -0.126. The molecule has 1 fully saturated rings. The van der Waals surface area contributed by atoms with Crippen LogP contribution in [0.3, 0.4) is 0 Å². The van der Waals surface area contributed by atoms with Gasteiger partial charge in [0.05, 0.1) is 19.1 Å². The van der Waals surface area contributed by atoms with Crippen molar-refractivity contribution in [1.29, 1.82) is 0 Å². The van der Waals surface area contributed by atoms with Crippen molar-refractivity contribution in [1.82, 2.24) is 10.3 Å². The zero-order chi connectivity index (χ0) is 19.7. The molecule has 4 rings (SSSR count). The molecule has 1 N–H and O–H groups in total. The molecule has 2 aliphatic heterocycles. The number of carbonyl (C=O) groups is 1. The summed E-state index contributed by atoms with van der Waals surface area (Å²) in [5, 5.41) is 3.13. The van der Waals surface area contributed by atoms with Crippen LogP contribution in [0.1, 0.15) is 19.4 Å². The Kier molecular flexibility index (Phi) is 5.11. The lowest BCUT2D eigenvalue weighted by atomic mass is 9.83. The summed E-state index contributed by atoms with van der Waals surface area (Å²) in [4.78, 5) is 22.2. The Labute approximate surface area is 166 Å². The molecule has 0 spiro atoms. The second kappa shape index (κ2) is 7.70. The van der Waals surface area contributed by atoms with E-state index in [4.69, 9.17) is 4.74 Å². The van der Waals surface area contributed by atoms with Gasteiger partial charge < -0.3 is 19.9 Å². The molecule has 2 unspecified atom stereocenters. The fraction of sp³-hybridized carbons (Fsp3) is 0.455. The standard InChI is InChI=1S/C22H28N4O2/c1-15(2)24-22(27)18-12-16-7-8-17(28-3)13-19(16)26-11-10-25(14-20(18)26)21-6-4-5-9-23-21/h4-9,13,15,18,20H,10-12,14H2,1-3H3,(H,24,27). The second-order valence-electron chi connectivity index (χ2n) is 7.86. The van der Waals surface area contributed by atoms with Crippen LogP contribution in [-0.2, 0) is 11.2 Å². The quantitative estimate of drug-likeness (QED) is 0.883. The van der Waals surface area contributed by atoms with E-state index in [1.807, 2.05) is 44.3 Å². The van der Waals surface area contributed by atoms with E-state index < -0.39 is 0 Å². The number of nitrogens with one attached hydrogen (secondary N) is 1. The number of ether oxygens (including phenoxy) is 1. The van der Waals surface area contributed by atoms with Gasteiger partial charge in [-0.25, -0.2) is 4.98 Å². The average Bonchev–Trinajstić information content (AvgIpc) is 2.72. The van der Waals surface area contributed by atoms with E-state index in [9.17, 15) is 4.79 Å². The van der Waals surface area contributed by atoms with Crippen molar-refractivity contribution in [2.24, 2.45) is 5.92 Å². The molecule has 0 bridgehead atoms. The van der Waals surface area contributed by atoms with E-state index in [-0.39, 0.29) is 23.9 Å². The maximum atomic E-state index is 13.0. The molecule has 148 valence electrons. The van der Waals surface area contributed by atoms with Crippen LogP contribution in [0.2, 0.25) is 0 Å². The molecule has 0 aliphatic carbocycles.